The first-order chi connectivity index (χ1) is 17.7. The third-order valence-electron chi connectivity index (χ3n) is 10.3. The lowest BCUT2D eigenvalue weighted by atomic mass is 9.44. The number of carbonyl (C=O) groups excluding carboxylic acids is 3. The van der Waals surface area contributed by atoms with E-state index in [1.54, 1.807) is 45.3 Å². The van der Waals surface area contributed by atoms with Crippen LogP contribution in [0.25, 0.3) is 0 Å². The average Bonchev–Trinajstić information content (AvgIpc) is 3.06. The molecule has 38 heavy (non-hydrogen) atoms. The summed E-state index contributed by atoms with van der Waals surface area (Å²) in [6, 6.07) is 6.39. The summed E-state index contributed by atoms with van der Waals surface area (Å²) in [5.41, 5.74) is 1.40. The molecule has 0 bridgehead atoms. The summed E-state index contributed by atoms with van der Waals surface area (Å²) < 4.78 is 23.8. The van der Waals surface area contributed by atoms with Crippen LogP contribution >= 0.6 is 0 Å². The van der Waals surface area contributed by atoms with E-state index in [9.17, 15) is 19.5 Å². The first-order valence-electron chi connectivity index (χ1n) is 13.3. The normalized spacial score (nSPS) is 41.4. The van der Waals surface area contributed by atoms with Gasteiger partial charge < -0.3 is 20.5 Å². The first kappa shape index (κ1) is 26.6. The van der Waals surface area contributed by atoms with E-state index in [0.29, 0.717) is 30.5 Å². The number of aliphatic hydroxyl groups is 1. The molecule has 8 heteroatoms. The lowest BCUT2D eigenvalue weighted by Crippen LogP contribution is -2.70. The number of benzene rings is 1. The molecule has 1 amide bonds. The van der Waals surface area contributed by atoms with Crippen molar-refractivity contribution < 1.29 is 28.6 Å². The van der Waals surface area contributed by atoms with Gasteiger partial charge in [-0.2, -0.15) is 0 Å². The Morgan fingerprint density at radius 3 is 2.58 bits per heavy atom. The number of alkyl halides is 1. The third-order valence-corrected chi connectivity index (χ3v) is 10.3. The maximum atomic E-state index is 17.5. The van der Waals surface area contributed by atoms with Gasteiger partial charge in [-0.1, -0.05) is 31.6 Å². The molecule has 7 nitrogen and oxygen atoms in total. The molecule has 0 unspecified atom stereocenters. The van der Waals surface area contributed by atoms with Crippen molar-refractivity contribution in [1.82, 2.24) is 4.90 Å². The molecule has 0 aliphatic heterocycles. The Labute approximate surface area is 222 Å². The smallest absolute Gasteiger partial charge is 0.339 e. The third kappa shape index (κ3) is 3.25. The SMILES string of the molecule is C[C@@H]1C[C@H]2[C@@H]3CCC4=CC(=O)C=C[C@]4(C)[C@@]3(F)[C@@H](O)C[C@]2(C)[C@@]1(OC(=O)c1cccc(N)c1)C(=O)N(C)C. The molecule has 0 spiro atoms. The van der Waals surface area contributed by atoms with Gasteiger partial charge in [0.25, 0.3) is 5.91 Å². The van der Waals surface area contributed by atoms with E-state index < -0.39 is 46.0 Å². The summed E-state index contributed by atoms with van der Waals surface area (Å²) in [4.78, 5) is 41.1. The molecular formula is C30H37FN2O5. The predicted molar refractivity (Wildman–Crippen MR) is 141 cm³/mol. The van der Waals surface area contributed by atoms with E-state index in [1.165, 1.54) is 23.1 Å². The molecule has 8 atom stereocenters. The average molecular weight is 525 g/mol. The first-order valence-corrected chi connectivity index (χ1v) is 13.3. The zero-order valence-corrected chi connectivity index (χ0v) is 22.7. The fraction of sp³-hybridized carbons (Fsp3) is 0.567. The van der Waals surface area contributed by atoms with Crippen LogP contribution in [0.3, 0.4) is 0 Å². The molecule has 5 rings (SSSR count). The van der Waals surface area contributed by atoms with Crippen LogP contribution in [-0.4, -0.2) is 59.1 Å². The predicted octanol–water partition coefficient (Wildman–Crippen LogP) is 3.87. The second-order valence-electron chi connectivity index (χ2n) is 12.4. The number of rotatable bonds is 3. The number of hydrogen-bond acceptors (Lipinski definition) is 6. The number of nitrogens with zero attached hydrogens (tertiary/aromatic N) is 1. The molecule has 0 heterocycles. The van der Waals surface area contributed by atoms with Crippen LogP contribution in [0.5, 0.6) is 0 Å². The van der Waals surface area contributed by atoms with Gasteiger partial charge in [-0.3, -0.25) is 9.59 Å². The maximum absolute atomic E-state index is 17.5. The zero-order chi connectivity index (χ0) is 27.8. The molecule has 4 aliphatic rings. The number of ether oxygens (including phenoxy) is 1. The largest absolute Gasteiger partial charge is 0.444 e. The van der Waals surface area contributed by atoms with Crippen molar-refractivity contribution in [3.8, 4) is 0 Å². The Balaban J connectivity index is 1.62. The highest BCUT2D eigenvalue weighted by Gasteiger charge is 2.77. The highest BCUT2D eigenvalue weighted by molar-refractivity contribution is 6.01. The topological polar surface area (TPSA) is 110 Å². The van der Waals surface area contributed by atoms with Crippen molar-refractivity contribution in [3.05, 3.63) is 53.6 Å². The fourth-order valence-corrected chi connectivity index (χ4v) is 8.45. The molecule has 1 aromatic rings. The number of allylic oxidation sites excluding steroid dienone is 4. The Morgan fingerprint density at radius 1 is 1.21 bits per heavy atom. The van der Waals surface area contributed by atoms with Crippen molar-refractivity contribution in [2.24, 2.45) is 28.6 Å². The van der Waals surface area contributed by atoms with Crippen molar-refractivity contribution in [1.29, 1.82) is 0 Å². The molecule has 3 fully saturated rings. The van der Waals surface area contributed by atoms with E-state index in [2.05, 4.69) is 0 Å². The standard InChI is InChI=1S/C30H37FN2O5/c1-17-13-23-22-10-9-19-15-21(34)11-12-27(19,2)29(22,31)24(35)16-28(23,3)30(17,26(37)33(4)5)38-25(36)18-7-6-8-20(32)14-18/h6-8,11-12,14-15,17,22-24,35H,9-10,13,16,32H2,1-5H3/t17-,22+,23+,24+,27+,28+,29+,30+/m1/s1. The van der Waals surface area contributed by atoms with Gasteiger partial charge in [-0.05, 0) is 68.9 Å². The number of amides is 1. The zero-order valence-electron chi connectivity index (χ0n) is 22.7. The molecule has 3 N–H and O–H groups in total. The number of halogens is 1. The second kappa shape index (κ2) is 8.50. The van der Waals surface area contributed by atoms with Gasteiger partial charge in [0.15, 0.2) is 17.1 Å². The van der Waals surface area contributed by atoms with Gasteiger partial charge in [0.2, 0.25) is 0 Å². The second-order valence-corrected chi connectivity index (χ2v) is 12.4. The molecule has 4 aliphatic carbocycles. The lowest BCUT2D eigenvalue weighted by molar-refractivity contribution is -0.222. The fourth-order valence-electron chi connectivity index (χ4n) is 8.45. The van der Waals surface area contributed by atoms with Crippen LogP contribution in [0, 0.1) is 28.6 Å². The van der Waals surface area contributed by atoms with Gasteiger partial charge in [0.1, 0.15) is 0 Å². The molecular weight excluding hydrogens is 487 g/mol. The number of nitrogens with two attached hydrogens (primary N) is 1. The highest BCUT2D eigenvalue weighted by Crippen LogP contribution is 2.71. The van der Waals surface area contributed by atoms with Crippen molar-refractivity contribution in [3.63, 3.8) is 0 Å². The summed E-state index contributed by atoms with van der Waals surface area (Å²) >= 11 is 0. The van der Waals surface area contributed by atoms with E-state index in [4.69, 9.17) is 10.5 Å². The molecule has 0 saturated heterocycles. The summed E-state index contributed by atoms with van der Waals surface area (Å²) in [6.07, 6.45) is 4.41. The minimum atomic E-state index is -2.03. The Kier molecular flexibility index (Phi) is 5.95. The number of esters is 1. The van der Waals surface area contributed by atoms with Crippen LogP contribution in [0.2, 0.25) is 0 Å². The monoisotopic (exact) mass is 524 g/mol. The van der Waals surface area contributed by atoms with Crippen molar-refractivity contribution in [2.75, 3.05) is 19.8 Å². The van der Waals surface area contributed by atoms with Gasteiger partial charge >= 0.3 is 5.97 Å². The van der Waals surface area contributed by atoms with Crippen LogP contribution in [-0.2, 0) is 14.3 Å². The molecule has 3 saturated carbocycles. The van der Waals surface area contributed by atoms with Crippen LogP contribution in [0.4, 0.5) is 10.1 Å². The number of anilines is 1. The number of hydrogen-bond donors (Lipinski definition) is 2. The minimum absolute atomic E-state index is 0.0660. The van der Waals surface area contributed by atoms with E-state index in [0.717, 1.165) is 0 Å². The van der Waals surface area contributed by atoms with Gasteiger partial charge in [-0.25, -0.2) is 9.18 Å². The van der Waals surface area contributed by atoms with E-state index in [-0.39, 0.29) is 29.6 Å². The highest BCUT2D eigenvalue weighted by atomic mass is 19.1. The van der Waals surface area contributed by atoms with Crippen molar-refractivity contribution in [2.45, 2.75) is 63.8 Å². The number of fused-ring (bicyclic) bond motifs is 5. The van der Waals surface area contributed by atoms with Crippen LogP contribution in [0.15, 0.2) is 48.1 Å². The van der Waals surface area contributed by atoms with Crippen LogP contribution in [0.1, 0.15) is 56.8 Å². The molecule has 204 valence electrons. The maximum Gasteiger partial charge on any atom is 0.339 e. The Hall–Kier alpha value is -3.00. The van der Waals surface area contributed by atoms with Gasteiger partial charge in [-0.15, -0.1) is 0 Å². The summed E-state index contributed by atoms with van der Waals surface area (Å²) in [6.45, 7) is 5.50. The summed E-state index contributed by atoms with van der Waals surface area (Å²) in [5.74, 6) is -2.60. The van der Waals surface area contributed by atoms with Gasteiger partial charge in [0, 0.05) is 42.4 Å². The Bertz CT molecular complexity index is 1270. The van der Waals surface area contributed by atoms with Gasteiger partial charge in [0.05, 0.1) is 11.7 Å². The summed E-state index contributed by atoms with van der Waals surface area (Å²) in [7, 11) is 3.23. The lowest BCUT2D eigenvalue weighted by Gasteiger charge is -2.62. The number of aliphatic hydroxyl groups excluding tert-OH is 1. The minimum Gasteiger partial charge on any atom is -0.444 e. The quantitative estimate of drug-likeness (QED) is 0.459. The number of carbonyl (C=O) groups is 3. The molecule has 1 aromatic carbocycles. The number of likely N-dealkylation sites (N-methyl/N-ethyl adjacent to an activating group) is 1. The van der Waals surface area contributed by atoms with Crippen LogP contribution < -0.4 is 5.73 Å². The molecule has 0 aromatic heterocycles. The van der Waals surface area contributed by atoms with E-state index >= 15 is 4.39 Å². The number of nitrogen functional groups attached to an aromatic ring is 1. The number of ketones is 1. The summed E-state index contributed by atoms with van der Waals surface area (Å²) in [5, 5.41) is 11.7. The van der Waals surface area contributed by atoms with Crippen molar-refractivity contribution >= 4 is 23.3 Å². The molecule has 0 radical (unpaired) electrons. The Morgan fingerprint density at radius 2 is 1.92 bits per heavy atom. The van der Waals surface area contributed by atoms with E-state index in [1.807, 2.05) is 13.8 Å².